The van der Waals surface area contributed by atoms with E-state index < -0.39 is 6.04 Å². The molecule has 0 radical (unpaired) electrons. The predicted molar refractivity (Wildman–Crippen MR) is 95.1 cm³/mol. The van der Waals surface area contributed by atoms with Gasteiger partial charge in [0.15, 0.2) is 5.76 Å². The first-order valence-electron chi connectivity index (χ1n) is 7.57. The van der Waals surface area contributed by atoms with Crippen molar-refractivity contribution >= 4 is 29.9 Å². The molecule has 2 rings (SSSR count). The van der Waals surface area contributed by atoms with E-state index in [9.17, 15) is 9.59 Å². The molecule has 0 saturated heterocycles. The Balaban J connectivity index is 0.00000288. The Morgan fingerprint density at radius 1 is 1.21 bits per heavy atom. The standard InChI is InChI=1S/C17H21N3O3.ClH/c1-2-4-14(18)16(21)19-11-12-6-8-13(9-7-12)20-17(22)15-5-3-10-23-15;/h3,5-10,14H,2,4,11,18H2,1H3,(H,19,21)(H,20,22);1H. The molecule has 4 N–H and O–H groups in total. The normalized spacial score (nSPS) is 11.2. The molecule has 1 atom stereocenters. The van der Waals surface area contributed by atoms with Crippen LogP contribution in [0.1, 0.15) is 35.9 Å². The van der Waals surface area contributed by atoms with Gasteiger partial charge in [-0.05, 0) is 36.2 Å². The summed E-state index contributed by atoms with van der Waals surface area (Å²) in [5.74, 6) is -0.199. The number of hydrogen-bond donors (Lipinski definition) is 3. The van der Waals surface area contributed by atoms with Crippen molar-refractivity contribution in [2.45, 2.75) is 32.4 Å². The van der Waals surface area contributed by atoms with Crippen molar-refractivity contribution in [2.75, 3.05) is 5.32 Å². The first-order valence-corrected chi connectivity index (χ1v) is 7.57. The zero-order valence-corrected chi connectivity index (χ0v) is 14.3. The molecule has 0 saturated carbocycles. The summed E-state index contributed by atoms with van der Waals surface area (Å²) in [7, 11) is 0. The van der Waals surface area contributed by atoms with Crippen LogP contribution in [0.3, 0.4) is 0 Å². The molecule has 0 bridgehead atoms. The van der Waals surface area contributed by atoms with E-state index in [-0.39, 0.29) is 30.0 Å². The number of carbonyl (C=O) groups is 2. The summed E-state index contributed by atoms with van der Waals surface area (Å²) in [6.45, 7) is 2.39. The summed E-state index contributed by atoms with van der Waals surface area (Å²) in [5, 5.41) is 5.53. The molecule has 1 aromatic carbocycles. The molecular weight excluding hydrogens is 330 g/mol. The number of hydrogen-bond acceptors (Lipinski definition) is 4. The van der Waals surface area contributed by atoms with Crippen LogP contribution in [0.4, 0.5) is 5.69 Å². The highest BCUT2D eigenvalue weighted by molar-refractivity contribution is 6.02. The zero-order chi connectivity index (χ0) is 16.7. The van der Waals surface area contributed by atoms with Crippen LogP contribution in [-0.2, 0) is 11.3 Å². The minimum atomic E-state index is -0.466. The van der Waals surface area contributed by atoms with Gasteiger partial charge in [0.05, 0.1) is 12.3 Å². The Morgan fingerprint density at radius 2 is 1.92 bits per heavy atom. The molecule has 130 valence electrons. The second-order valence-corrected chi connectivity index (χ2v) is 5.24. The van der Waals surface area contributed by atoms with Crippen molar-refractivity contribution in [3.8, 4) is 0 Å². The lowest BCUT2D eigenvalue weighted by molar-refractivity contribution is -0.122. The van der Waals surface area contributed by atoms with Gasteiger partial charge in [-0.2, -0.15) is 0 Å². The second kappa shape index (κ2) is 9.75. The number of amides is 2. The Morgan fingerprint density at radius 3 is 2.50 bits per heavy atom. The smallest absolute Gasteiger partial charge is 0.291 e. The van der Waals surface area contributed by atoms with Crippen molar-refractivity contribution < 1.29 is 14.0 Å². The van der Waals surface area contributed by atoms with Crippen molar-refractivity contribution in [3.63, 3.8) is 0 Å². The van der Waals surface area contributed by atoms with E-state index in [1.165, 1.54) is 6.26 Å². The molecule has 1 aromatic heterocycles. The van der Waals surface area contributed by atoms with E-state index in [0.717, 1.165) is 12.0 Å². The number of halogens is 1. The fourth-order valence-corrected chi connectivity index (χ4v) is 2.07. The average molecular weight is 352 g/mol. The lowest BCUT2D eigenvalue weighted by atomic mass is 10.1. The van der Waals surface area contributed by atoms with Gasteiger partial charge < -0.3 is 20.8 Å². The highest BCUT2D eigenvalue weighted by Crippen LogP contribution is 2.12. The highest BCUT2D eigenvalue weighted by Gasteiger charge is 2.11. The monoisotopic (exact) mass is 351 g/mol. The van der Waals surface area contributed by atoms with Crippen LogP contribution in [0.5, 0.6) is 0 Å². The van der Waals surface area contributed by atoms with E-state index in [2.05, 4.69) is 10.6 Å². The van der Waals surface area contributed by atoms with Crippen LogP contribution in [-0.4, -0.2) is 17.9 Å². The van der Waals surface area contributed by atoms with E-state index in [1.54, 1.807) is 24.3 Å². The SMILES string of the molecule is CCCC(N)C(=O)NCc1ccc(NC(=O)c2ccco2)cc1.Cl. The molecule has 2 amide bonds. The molecule has 0 spiro atoms. The Hall–Kier alpha value is -2.31. The van der Waals surface area contributed by atoms with Crippen molar-refractivity contribution in [1.29, 1.82) is 0 Å². The maximum absolute atomic E-state index is 11.8. The van der Waals surface area contributed by atoms with Gasteiger partial charge >= 0.3 is 0 Å². The number of rotatable bonds is 7. The van der Waals surface area contributed by atoms with Crippen molar-refractivity contribution in [1.82, 2.24) is 5.32 Å². The Bertz CT molecular complexity index is 642. The lowest BCUT2D eigenvalue weighted by Gasteiger charge is -2.11. The first kappa shape index (κ1) is 19.7. The summed E-state index contributed by atoms with van der Waals surface area (Å²) >= 11 is 0. The van der Waals surface area contributed by atoms with E-state index in [1.807, 2.05) is 19.1 Å². The molecule has 24 heavy (non-hydrogen) atoms. The third kappa shape index (κ3) is 5.72. The van der Waals surface area contributed by atoms with Gasteiger partial charge in [-0.15, -0.1) is 12.4 Å². The summed E-state index contributed by atoms with van der Waals surface area (Å²) < 4.78 is 5.03. The number of furan rings is 1. The Labute approximate surface area is 147 Å². The summed E-state index contributed by atoms with van der Waals surface area (Å²) in [6.07, 6.45) is 2.99. The topological polar surface area (TPSA) is 97.4 Å². The molecule has 6 nitrogen and oxygen atoms in total. The molecule has 0 fully saturated rings. The average Bonchev–Trinajstić information content (AvgIpc) is 3.08. The first-order chi connectivity index (χ1) is 11.1. The minimum absolute atomic E-state index is 0. The molecule has 7 heteroatoms. The summed E-state index contributed by atoms with van der Waals surface area (Å²) in [5.41, 5.74) is 7.33. The number of carbonyl (C=O) groups excluding carboxylic acids is 2. The van der Waals surface area contributed by atoms with Gasteiger partial charge in [0.2, 0.25) is 5.91 Å². The van der Waals surface area contributed by atoms with Crippen LogP contribution < -0.4 is 16.4 Å². The molecular formula is C17H22ClN3O3. The highest BCUT2D eigenvalue weighted by atomic mass is 35.5. The van der Waals surface area contributed by atoms with Crippen LogP contribution >= 0.6 is 12.4 Å². The van der Waals surface area contributed by atoms with Gasteiger partial charge in [0, 0.05) is 12.2 Å². The van der Waals surface area contributed by atoms with Crippen LogP contribution in [0, 0.1) is 0 Å². The number of nitrogens with one attached hydrogen (secondary N) is 2. The third-order valence-electron chi connectivity index (χ3n) is 3.36. The number of nitrogens with two attached hydrogens (primary N) is 1. The van der Waals surface area contributed by atoms with Crippen LogP contribution in [0.15, 0.2) is 47.1 Å². The molecule has 2 aromatic rings. The predicted octanol–water partition coefficient (Wildman–Crippen LogP) is 2.70. The maximum Gasteiger partial charge on any atom is 0.291 e. The number of anilines is 1. The van der Waals surface area contributed by atoms with E-state index in [4.69, 9.17) is 10.2 Å². The van der Waals surface area contributed by atoms with Gasteiger partial charge in [-0.1, -0.05) is 25.5 Å². The van der Waals surface area contributed by atoms with Crippen molar-refractivity contribution in [3.05, 3.63) is 54.0 Å². The van der Waals surface area contributed by atoms with E-state index >= 15 is 0 Å². The molecule has 0 aliphatic heterocycles. The Kier molecular flexibility index (Phi) is 8.01. The van der Waals surface area contributed by atoms with Crippen LogP contribution in [0.2, 0.25) is 0 Å². The maximum atomic E-state index is 11.8. The fraction of sp³-hybridized carbons (Fsp3) is 0.294. The summed E-state index contributed by atoms with van der Waals surface area (Å²) in [6, 6.07) is 10.0. The van der Waals surface area contributed by atoms with Crippen LogP contribution in [0.25, 0.3) is 0 Å². The van der Waals surface area contributed by atoms with Gasteiger partial charge in [-0.25, -0.2) is 0 Å². The minimum Gasteiger partial charge on any atom is -0.459 e. The molecule has 1 unspecified atom stereocenters. The lowest BCUT2D eigenvalue weighted by Crippen LogP contribution is -2.40. The molecule has 0 aliphatic rings. The van der Waals surface area contributed by atoms with Gasteiger partial charge in [0.1, 0.15) is 0 Å². The summed E-state index contributed by atoms with van der Waals surface area (Å²) in [4.78, 5) is 23.6. The van der Waals surface area contributed by atoms with E-state index in [0.29, 0.717) is 18.7 Å². The number of benzene rings is 1. The third-order valence-corrected chi connectivity index (χ3v) is 3.36. The van der Waals surface area contributed by atoms with Gasteiger partial charge in [-0.3, -0.25) is 9.59 Å². The molecule has 0 aliphatic carbocycles. The second-order valence-electron chi connectivity index (χ2n) is 5.24. The largest absolute Gasteiger partial charge is 0.459 e. The van der Waals surface area contributed by atoms with Gasteiger partial charge in [0.25, 0.3) is 5.91 Å². The van der Waals surface area contributed by atoms with Crippen molar-refractivity contribution in [2.24, 2.45) is 5.73 Å². The zero-order valence-electron chi connectivity index (χ0n) is 13.5. The fourth-order valence-electron chi connectivity index (χ4n) is 2.07. The quantitative estimate of drug-likeness (QED) is 0.714. The molecule has 1 heterocycles.